The van der Waals surface area contributed by atoms with Gasteiger partial charge in [-0.3, -0.25) is 0 Å². The maximum Gasteiger partial charge on any atom is 0.0248 e. The lowest BCUT2D eigenvalue weighted by Crippen LogP contribution is -2.20. The molecule has 7 heavy (non-hydrogen) atoms. The molecular weight excluding hydrogens is 86.1 g/mol. The molecule has 0 aliphatic heterocycles. The summed E-state index contributed by atoms with van der Waals surface area (Å²) < 4.78 is 0. The smallest absolute Gasteiger partial charge is 0.0248 e. The molecule has 0 amide bonds. The maximum atomic E-state index is 5.83. The van der Waals surface area contributed by atoms with Gasteiger partial charge in [0.15, 0.2) is 0 Å². The van der Waals surface area contributed by atoms with E-state index in [9.17, 15) is 0 Å². The van der Waals surface area contributed by atoms with E-state index in [1.54, 1.807) is 0 Å². The Morgan fingerprint density at radius 2 is 1.57 bits per heavy atom. The molecule has 1 heteroatoms. The Bertz CT molecular complexity index is 109. The largest absolute Gasteiger partial charge is 0.324 e. The predicted molar refractivity (Wildman–Crippen MR) is 28.7 cm³/mol. The molecule has 0 spiro atoms. The molecule has 0 aromatic rings. The van der Waals surface area contributed by atoms with E-state index >= 15 is 0 Å². The molecule has 0 aromatic heterocycles. The summed E-state index contributed by atoms with van der Waals surface area (Å²) >= 11 is 0. The second-order valence-electron chi connectivity index (χ2n) is 3.10. The molecule has 0 radical (unpaired) electrons. The third-order valence-corrected chi connectivity index (χ3v) is 3.01. The second-order valence-corrected chi connectivity index (χ2v) is 3.10. The van der Waals surface area contributed by atoms with Gasteiger partial charge in [-0.05, 0) is 17.8 Å². The monoisotopic (exact) mass is 97.1 g/mol. The van der Waals surface area contributed by atoms with Crippen LogP contribution in [0.3, 0.4) is 0 Å². The molecular formula is C6H11N. The third-order valence-electron chi connectivity index (χ3n) is 3.01. The van der Waals surface area contributed by atoms with Crippen molar-refractivity contribution in [1.29, 1.82) is 0 Å². The van der Waals surface area contributed by atoms with Crippen molar-refractivity contribution in [2.45, 2.75) is 19.4 Å². The fourth-order valence-corrected chi connectivity index (χ4v) is 2.02. The summed E-state index contributed by atoms with van der Waals surface area (Å²) in [5.74, 6) is 2.61. The van der Waals surface area contributed by atoms with E-state index < -0.39 is 0 Å². The van der Waals surface area contributed by atoms with Crippen LogP contribution in [0, 0.1) is 17.8 Å². The lowest BCUT2D eigenvalue weighted by molar-refractivity contribution is 0.497. The fraction of sp³-hybridized carbons (Fsp3) is 1.00. The Morgan fingerprint density at radius 3 is 1.57 bits per heavy atom. The Labute approximate surface area is 43.9 Å². The zero-order valence-electron chi connectivity index (χ0n) is 4.81. The van der Waals surface area contributed by atoms with E-state index in [-0.39, 0.29) is 0 Å². The van der Waals surface area contributed by atoms with Crippen molar-refractivity contribution in [3.05, 3.63) is 0 Å². The van der Waals surface area contributed by atoms with Gasteiger partial charge in [-0.2, -0.15) is 0 Å². The Balaban J connectivity index is 2.17. The molecule has 0 heterocycles. The van der Waals surface area contributed by atoms with Gasteiger partial charge >= 0.3 is 0 Å². The summed E-state index contributed by atoms with van der Waals surface area (Å²) in [5.41, 5.74) is 6.16. The van der Waals surface area contributed by atoms with Gasteiger partial charge < -0.3 is 5.73 Å². The Kier molecular flexibility index (Phi) is 0.365. The first kappa shape index (κ1) is 3.90. The van der Waals surface area contributed by atoms with E-state index in [0.29, 0.717) is 5.54 Å². The molecule has 1 nitrogen and oxygen atoms in total. The van der Waals surface area contributed by atoms with Crippen LogP contribution in [0.2, 0.25) is 0 Å². The average Bonchev–Trinajstić information content (AvgIpc) is 2.31. The number of hydrogen-bond donors (Lipinski definition) is 1. The number of fused-ring (bicyclic) bond motifs is 1. The molecule has 0 saturated heterocycles. The molecule has 0 aromatic carbocycles. The summed E-state index contributed by atoms with van der Waals surface area (Å²) in [5, 5.41) is 0. The lowest BCUT2D eigenvalue weighted by Gasteiger charge is -2.04. The van der Waals surface area contributed by atoms with Crippen molar-refractivity contribution in [2.75, 3.05) is 0 Å². The van der Waals surface area contributed by atoms with E-state index in [0.717, 1.165) is 17.8 Å². The van der Waals surface area contributed by atoms with Crippen molar-refractivity contribution in [3.8, 4) is 0 Å². The zero-order chi connectivity index (χ0) is 5.23. The van der Waals surface area contributed by atoms with Crippen molar-refractivity contribution in [3.63, 3.8) is 0 Å². The predicted octanol–water partition coefficient (Wildman–Crippen LogP) is 0.600. The summed E-state index contributed by atoms with van der Waals surface area (Å²) in [6.45, 7) is 4.48. The first-order valence-electron chi connectivity index (χ1n) is 2.98. The number of nitrogens with two attached hydrogens (primary N) is 1. The Hall–Kier alpha value is -0.0400. The standard InChI is InChI=1S/C6H11N/c1-3-5-4(2)6(3,5)7/h3-5H,7H2,1-2H3. The van der Waals surface area contributed by atoms with Gasteiger partial charge in [0.2, 0.25) is 0 Å². The molecule has 2 rings (SSSR count). The summed E-state index contributed by atoms with van der Waals surface area (Å²) in [7, 11) is 0. The molecule has 2 N–H and O–H groups in total. The van der Waals surface area contributed by atoms with Crippen LogP contribution >= 0.6 is 0 Å². The molecule has 2 unspecified atom stereocenters. The molecule has 2 fully saturated rings. The number of rotatable bonds is 0. The van der Waals surface area contributed by atoms with Gasteiger partial charge in [-0.1, -0.05) is 13.8 Å². The van der Waals surface area contributed by atoms with E-state index in [1.165, 1.54) is 0 Å². The minimum Gasteiger partial charge on any atom is -0.324 e. The van der Waals surface area contributed by atoms with Gasteiger partial charge in [-0.15, -0.1) is 0 Å². The fourth-order valence-electron chi connectivity index (χ4n) is 2.02. The van der Waals surface area contributed by atoms with Crippen LogP contribution in [0.25, 0.3) is 0 Å². The quantitative estimate of drug-likeness (QED) is 0.470. The molecule has 2 aliphatic carbocycles. The van der Waals surface area contributed by atoms with Crippen molar-refractivity contribution < 1.29 is 0 Å². The maximum absolute atomic E-state index is 5.83. The van der Waals surface area contributed by atoms with E-state index in [2.05, 4.69) is 13.8 Å². The van der Waals surface area contributed by atoms with Crippen LogP contribution in [0.15, 0.2) is 0 Å². The first-order valence-corrected chi connectivity index (χ1v) is 2.98. The van der Waals surface area contributed by atoms with Crippen LogP contribution in [-0.4, -0.2) is 5.54 Å². The highest BCUT2D eigenvalue weighted by Gasteiger charge is 2.80. The lowest BCUT2D eigenvalue weighted by atomic mass is 10.1. The molecule has 2 saturated carbocycles. The molecule has 40 valence electrons. The SMILES string of the molecule is CC1C2C(C)C12N. The molecule has 2 aliphatic rings. The van der Waals surface area contributed by atoms with Crippen LogP contribution in [-0.2, 0) is 0 Å². The van der Waals surface area contributed by atoms with Crippen LogP contribution in [0.1, 0.15) is 13.8 Å². The van der Waals surface area contributed by atoms with E-state index in [1.807, 2.05) is 0 Å². The minimum atomic E-state index is 0.333. The van der Waals surface area contributed by atoms with Gasteiger partial charge in [0.05, 0.1) is 0 Å². The molecule has 0 bridgehead atoms. The van der Waals surface area contributed by atoms with Crippen molar-refractivity contribution in [2.24, 2.45) is 23.5 Å². The average molecular weight is 97.2 g/mol. The first-order chi connectivity index (χ1) is 3.19. The second kappa shape index (κ2) is 0.655. The summed E-state index contributed by atoms with van der Waals surface area (Å²) in [6.07, 6.45) is 0. The van der Waals surface area contributed by atoms with Crippen molar-refractivity contribution in [1.82, 2.24) is 0 Å². The highest BCUT2D eigenvalue weighted by Crippen LogP contribution is 2.74. The Morgan fingerprint density at radius 1 is 1.29 bits per heavy atom. The van der Waals surface area contributed by atoms with Gasteiger partial charge in [0.1, 0.15) is 0 Å². The highest BCUT2D eigenvalue weighted by atomic mass is 15.0. The zero-order valence-corrected chi connectivity index (χ0v) is 4.81. The third kappa shape index (κ3) is 0.194. The van der Waals surface area contributed by atoms with E-state index in [4.69, 9.17) is 5.73 Å². The van der Waals surface area contributed by atoms with Gasteiger partial charge in [-0.25, -0.2) is 0 Å². The van der Waals surface area contributed by atoms with Crippen LogP contribution in [0.5, 0.6) is 0 Å². The number of hydrogen-bond acceptors (Lipinski definition) is 1. The molecule has 2 atom stereocenters. The van der Waals surface area contributed by atoms with Crippen LogP contribution in [0.4, 0.5) is 0 Å². The summed E-state index contributed by atoms with van der Waals surface area (Å²) in [4.78, 5) is 0. The highest BCUT2D eigenvalue weighted by molar-refractivity contribution is 5.34. The van der Waals surface area contributed by atoms with Gasteiger partial charge in [0.25, 0.3) is 0 Å². The summed E-state index contributed by atoms with van der Waals surface area (Å²) in [6, 6.07) is 0. The van der Waals surface area contributed by atoms with Gasteiger partial charge in [0, 0.05) is 5.54 Å². The normalized spacial score (nSPS) is 75.0. The minimum absolute atomic E-state index is 0.333. The van der Waals surface area contributed by atoms with Crippen molar-refractivity contribution >= 4 is 0 Å². The topological polar surface area (TPSA) is 26.0 Å². The van der Waals surface area contributed by atoms with Crippen LogP contribution < -0.4 is 5.73 Å².